The number of carbonyl (C=O) groups excluding carboxylic acids is 1. The Kier molecular flexibility index (Phi) is 4.95. The number of halogens is 1. The first-order chi connectivity index (χ1) is 11.2. The average Bonchev–Trinajstić information content (AvgIpc) is 2.97. The van der Waals surface area contributed by atoms with Gasteiger partial charge in [0.1, 0.15) is 11.5 Å². The molecule has 3 rings (SSSR count). The molecule has 1 aliphatic rings. The number of amidine groups is 1. The van der Waals surface area contributed by atoms with Crippen LogP contribution < -0.4 is 10.1 Å². The number of hydrogen-bond donors (Lipinski definition) is 1. The highest BCUT2D eigenvalue weighted by Gasteiger charge is 2.15. The number of ether oxygens (including phenoxy) is 1. The summed E-state index contributed by atoms with van der Waals surface area (Å²) in [5.74, 6) is 1.78. The molecule has 23 heavy (non-hydrogen) atoms. The van der Waals surface area contributed by atoms with E-state index in [4.69, 9.17) is 16.3 Å². The van der Waals surface area contributed by atoms with Gasteiger partial charge in [-0.15, -0.1) is 5.10 Å². The highest BCUT2D eigenvalue weighted by molar-refractivity contribution is 8.15. The summed E-state index contributed by atoms with van der Waals surface area (Å²) >= 11 is 7.17. The van der Waals surface area contributed by atoms with Crippen molar-refractivity contribution in [1.29, 1.82) is 0 Å². The number of hydrogen-bond acceptors (Lipinski definition) is 5. The van der Waals surface area contributed by atoms with Gasteiger partial charge in [-0.3, -0.25) is 4.79 Å². The Morgan fingerprint density at radius 2 is 1.74 bits per heavy atom. The van der Waals surface area contributed by atoms with E-state index in [0.29, 0.717) is 15.9 Å². The van der Waals surface area contributed by atoms with Crippen LogP contribution in [0.25, 0.3) is 0 Å². The topological polar surface area (TPSA) is 63.0 Å². The molecular formula is C16H12ClN3O2S. The summed E-state index contributed by atoms with van der Waals surface area (Å²) in [5, 5.41) is 11.7. The van der Waals surface area contributed by atoms with Crippen molar-refractivity contribution in [2.75, 3.05) is 5.75 Å². The van der Waals surface area contributed by atoms with Crippen molar-refractivity contribution in [3.8, 4) is 11.5 Å². The van der Waals surface area contributed by atoms with Gasteiger partial charge in [0, 0.05) is 5.02 Å². The fraction of sp³-hybridized carbons (Fsp3) is 0.0625. The third kappa shape index (κ3) is 4.58. The molecule has 0 aliphatic carbocycles. The predicted molar refractivity (Wildman–Crippen MR) is 93.6 cm³/mol. The van der Waals surface area contributed by atoms with Gasteiger partial charge in [-0.1, -0.05) is 23.4 Å². The second-order valence-corrected chi connectivity index (χ2v) is 6.01. The minimum atomic E-state index is -0.0485. The van der Waals surface area contributed by atoms with Crippen molar-refractivity contribution in [3.63, 3.8) is 0 Å². The smallest absolute Gasteiger partial charge is 0.236 e. The minimum Gasteiger partial charge on any atom is -0.457 e. The van der Waals surface area contributed by atoms with Gasteiger partial charge in [0.25, 0.3) is 0 Å². The molecule has 1 saturated heterocycles. The van der Waals surface area contributed by atoms with E-state index in [1.54, 1.807) is 30.5 Å². The Hall–Kier alpha value is -2.31. The summed E-state index contributed by atoms with van der Waals surface area (Å²) in [7, 11) is 0. The van der Waals surface area contributed by atoms with E-state index in [1.165, 1.54) is 11.8 Å². The Morgan fingerprint density at radius 1 is 1.09 bits per heavy atom. The Morgan fingerprint density at radius 3 is 2.35 bits per heavy atom. The minimum absolute atomic E-state index is 0.0485. The van der Waals surface area contributed by atoms with Crippen molar-refractivity contribution in [3.05, 3.63) is 59.1 Å². The van der Waals surface area contributed by atoms with Crippen LogP contribution in [0.1, 0.15) is 5.56 Å². The van der Waals surface area contributed by atoms with Crippen molar-refractivity contribution in [2.45, 2.75) is 0 Å². The lowest BCUT2D eigenvalue weighted by atomic mass is 10.2. The van der Waals surface area contributed by atoms with Gasteiger partial charge in [-0.25, -0.2) is 0 Å². The summed E-state index contributed by atoms with van der Waals surface area (Å²) < 4.78 is 5.70. The molecule has 0 spiro atoms. The number of amides is 1. The third-order valence-corrected chi connectivity index (χ3v) is 3.99. The molecule has 5 nitrogen and oxygen atoms in total. The lowest BCUT2D eigenvalue weighted by Crippen LogP contribution is -2.19. The molecule has 0 radical (unpaired) electrons. The zero-order valence-electron chi connectivity index (χ0n) is 11.9. The quantitative estimate of drug-likeness (QED) is 0.679. The van der Waals surface area contributed by atoms with E-state index in [0.717, 1.165) is 17.1 Å². The lowest BCUT2D eigenvalue weighted by Gasteiger charge is -2.05. The van der Waals surface area contributed by atoms with Gasteiger partial charge in [0.05, 0.1) is 12.0 Å². The van der Waals surface area contributed by atoms with E-state index in [-0.39, 0.29) is 5.91 Å². The zero-order chi connectivity index (χ0) is 16.1. The van der Waals surface area contributed by atoms with Crippen LogP contribution in [0.3, 0.4) is 0 Å². The Labute approximate surface area is 142 Å². The molecule has 0 saturated carbocycles. The van der Waals surface area contributed by atoms with Gasteiger partial charge in [-0.2, -0.15) is 5.10 Å². The van der Waals surface area contributed by atoms with Crippen LogP contribution in [0.2, 0.25) is 5.02 Å². The predicted octanol–water partition coefficient (Wildman–Crippen LogP) is 3.69. The normalized spacial score (nSPS) is 16.0. The fourth-order valence-corrected chi connectivity index (χ4v) is 2.54. The number of nitrogens with one attached hydrogen (secondary N) is 1. The number of carbonyl (C=O) groups is 1. The SMILES string of the molecule is O=C1CSC(=NN=Cc2ccc(Oc3ccc(Cl)cc3)cc2)N1. The van der Waals surface area contributed by atoms with E-state index in [2.05, 4.69) is 15.5 Å². The Balaban J connectivity index is 1.60. The molecule has 0 atom stereocenters. The van der Waals surface area contributed by atoms with Gasteiger partial charge in [0.2, 0.25) is 5.91 Å². The van der Waals surface area contributed by atoms with Crippen LogP contribution in [0.15, 0.2) is 58.7 Å². The van der Waals surface area contributed by atoms with Crippen LogP contribution in [-0.4, -0.2) is 23.0 Å². The largest absolute Gasteiger partial charge is 0.457 e. The summed E-state index contributed by atoms with van der Waals surface area (Å²) in [6.07, 6.45) is 1.62. The van der Waals surface area contributed by atoms with Crippen molar-refractivity contribution in [1.82, 2.24) is 5.32 Å². The molecule has 2 aromatic carbocycles. The zero-order valence-corrected chi connectivity index (χ0v) is 13.5. The van der Waals surface area contributed by atoms with Crippen LogP contribution in [0, 0.1) is 0 Å². The lowest BCUT2D eigenvalue weighted by molar-refractivity contribution is -0.116. The summed E-state index contributed by atoms with van der Waals surface area (Å²) in [6, 6.07) is 14.6. The van der Waals surface area contributed by atoms with Gasteiger partial charge >= 0.3 is 0 Å². The third-order valence-electron chi connectivity index (χ3n) is 2.87. The first-order valence-corrected chi connectivity index (χ1v) is 8.12. The highest BCUT2D eigenvalue weighted by atomic mass is 35.5. The molecule has 1 N–H and O–H groups in total. The fourth-order valence-electron chi connectivity index (χ4n) is 1.79. The maximum absolute atomic E-state index is 11.0. The monoisotopic (exact) mass is 345 g/mol. The molecule has 1 fully saturated rings. The summed E-state index contributed by atoms with van der Waals surface area (Å²) in [5.41, 5.74) is 0.882. The summed E-state index contributed by atoms with van der Waals surface area (Å²) in [6.45, 7) is 0. The Bertz CT molecular complexity index is 758. The maximum Gasteiger partial charge on any atom is 0.236 e. The molecule has 2 aromatic rings. The molecule has 116 valence electrons. The van der Waals surface area contributed by atoms with Gasteiger partial charge in [0.15, 0.2) is 5.17 Å². The van der Waals surface area contributed by atoms with Crippen molar-refractivity contribution in [2.24, 2.45) is 10.2 Å². The first kappa shape index (κ1) is 15.6. The number of rotatable bonds is 4. The van der Waals surface area contributed by atoms with Gasteiger partial charge in [-0.05, 0) is 54.1 Å². The first-order valence-electron chi connectivity index (χ1n) is 6.76. The standard InChI is InChI=1S/C16H12ClN3O2S/c17-12-3-7-14(8-4-12)22-13-5-1-11(2-6-13)9-18-20-16-19-15(21)10-23-16/h1-9H,10H2,(H,19,20,21). The van der Waals surface area contributed by atoms with Crippen LogP contribution in [-0.2, 0) is 4.79 Å². The summed E-state index contributed by atoms with van der Waals surface area (Å²) in [4.78, 5) is 11.0. The number of thioether (sulfide) groups is 1. The maximum atomic E-state index is 11.0. The van der Waals surface area contributed by atoms with Gasteiger partial charge < -0.3 is 10.1 Å². The average molecular weight is 346 g/mol. The molecular weight excluding hydrogens is 334 g/mol. The molecule has 1 heterocycles. The molecule has 0 aromatic heterocycles. The second-order valence-electron chi connectivity index (χ2n) is 4.61. The molecule has 1 amide bonds. The van der Waals surface area contributed by atoms with E-state index < -0.39 is 0 Å². The highest BCUT2D eigenvalue weighted by Crippen LogP contribution is 2.23. The van der Waals surface area contributed by atoms with E-state index >= 15 is 0 Å². The van der Waals surface area contributed by atoms with E-state index in [1.807, 2.05) is 24.3 Å². The van der Waals surface area contributed by atoms with E-state index in [9.17, 15) is 4.79 Å². The van der Waals surface area contributed by atoms with Crippen LogP contribution >= 0.6 is 23.4 Å². The van der Waals surface area contributed by atoms with Crippen molar-refractivity contribution >= 4 is 40.7 Å². The van der Waals surface area contributed by atoms with Crippen molar-refractivity contribution < 1.29 is 9.53 Å². The molecule has 0 bridgehead atoms. The molecule has 0 unspecified atom stereocenters. The molecule has 1 aliphatic heterocycles. The second kappa shape index (κ2) is 7.30. The molecule has 7 heteroatoms. The number of benzene rings is 2. The van der Waals surface area contributed by atoms with Crippen LogP contribution in [0.5, 0.6) is 11.5 Å². The van der Waals surface area contributed by atoms with Crippen LogP contribution in [0.4, 0.5) is 0 Å². The number of nitrogens with zero attached hydrogens (tertiary/aromatic N) is 2.